The molecule has 1 aliphatic heterocycles. The van der Waals surface area contributed by atoms with Crippen molar-refractivity contribution in [3.05, 3.63) is 47.7 Å². The van der Waals surface area contributed by atoms with Gasteiger partial charge in [0.25, 0.3) is 0 Å². The SMILES string of the molecule is N#Cc1c(-c2cc(NC3CCOCC3)ccn2)nn2cccc2c1-c1nncs1. The molecule has 0 bridgehead atoms. The Morgan fingerprint density at radius 2 is 2.17 bits per heavy atom. The van der Waals surface area contributed by atoms with Gasteiger partial charge in [-0.05, 0) is 37.1 Å². The minimum atomic E-state index is 0.367. The zero-order valence-electron chi connectivity index (χ0n) is 15.4. The van der Waals surface area contributed by atoms with Crippen molar-refractivity contribution in [3.63, 3.8) is 0 Å². The number of ether oxygens (including phenoxy) is 1. The summed E-state index contributed by atoms with van der Waals surface area (Å²) in [6.07, 6.45) is 5.53. The van der Waals surface area contributed by atoms with Crippen molar-refractivity contribution in [2.45, 2.75) is 18.9 Å². The fraction of sp³-hybridized carbons (Fsp3) is 0.250. The first-order chi connectivity index (χ1) is 14.3. The van der Waals surface area contributed by atoms with Gasteiger partial charge >= 0.3 is 0 Å². The van der Waals surface area contributed by atoms with Crippen LogP contribution in [0, 0.1) is 11.3 Å². The van der Waals surface area contributed by atoms with Crippen LogP contribution in [0.25, 0.3) is 27.5 Å². The van der Waals surface area contributed by atoms with E-state index in [-0.39, 0.29) is 0 Å². The molecule has 0 saturated carbocycles. The average molecular weight is 403 g/mol. The summed E-state index contributed by atoms with van der Waals surface area (Å²) in [7, 11) is 0. The Bertz CT molecular complexity index is 1190. The summed E-state index contributed by atoms with van der Waals surface area (Å²) in [5.74, 6) is 0. The maximum absolute atomic E-state index is 9.99. The van der Waals surface area contributed by atoms with Gasteiger partial charge < -0.3 is 10.1 Å². The summed E-state index contributed by atoms with van der Waals surface area (Å²) in [6, 6.07) is 10.4. The van der Waals surface area contributed by atoms with Crippen molar-refractivity contribution < 1.29 is 4.74 Å². The van der Waals surface area contributed by atoms with Crippen LogP contribution in [0.3, 0.4) is 0 Å². The molecule has 9 heteroatoms. The zero-order valence-corrected chi connectivity index (χ0v) is 16.3. The summed E-state index contributed by atoms with van der Waals surface area (Å²) in [6.45, 7) is 1.54. The van der Waals surface area contributed by atoms with Crippen LogP contribution < -0.4 is 5.32 Å². The molecule has 5 rings (SSSR count). The molecule has 1 aliphatic rings. The van der Waals surface area contributed by atoms with Crippen molar-refractivity contribution in [2.75, 3.05) is 18.5 Å². The van der Waals surface area contributed by atoms with E-state index in [1.807, 2.05) is 30.5 Å². The van der Waals surface area contributed by atoms with Crippen molar-refractivity contribution in [1.82, 2.24) is 24.8 Å². The van der Waals surface area contributed by atoms with Crippen molar-refractivity contribution >= 4 is 22.5 Å². The van der Waals surface area contributed by atoms with E-state index in [4.69, 9.17) is 4.74 Å². The molecular weight excluding hydrogens is 386 g/mol. The second-order valence-electron chi connectivity index (χ2n) is 6.75. The normalized spacial score (nSPS) is 14.7. The molecule has 5 heterocycles. The van der Waals surface area contributed by atoms with E-state index < -0.39 is 0 Å². The Morgan fingerprint density at radius 1 is 1.28 bits per heavy atom. The Labute approximate surface area is 170 Å². The fourth-order valence-corrected chi connectivity index (χ4v) is 4.19. The van der Waals surface area contributed by atoms with Crippen molar-refractivity contribution in [3.8, 4) is 28.0 Å². The molecule has 29 heavy (non-hydrogen) atoms. The third kappa shape index (κ3) is 3.33. The number of aromatic nitrogens is 5. The van der Waals surface area contributed by atoms with Crippen LogP contribution in [0.5, 0.6) is 0 Å². The molecular formula is C20H17N7OS. The minimum absolute atomic E-state index is 0.367. The molecule has 8 nitrogen and oxygen atoms in total. The lowest BCUT2D eigenvalue weighted by Gasteiger charge is -2.24. The Balaban J connectivity index is 1.62. The summed E-state index contributed by atoms with van der Waals surface area (Å²) in [5, 5.41) is 27.0. The van der Waals surface area contributed by atoms with Crippen LogP contribution in [0.15, 0.2) is 42.2 Å². The summed E-state index contributed by atoms with van der Waals surface area (Å²) in [5.41, 5.74) is 5.78. The topological polar surface area (TPSA) is 101 Å². The summed E-state index contributed by atoms with van der Waals surface area (Å²) >= 11 is 1.40. The molecule has 4 aromatic heterocycles. The summed E-state index contributed by atoms with van der Waals surface area (Å²) in [4.78, 5) is 4.50. The molecule has 0 radical (unpaired) electrons. The number of hydrogen-bond acceptors (Lipinski definition) is 8. The number of nitriles is 1. The molecule has 1 fully saturated rings. The lowest BCUT2D eigenvalue weighted by atomic mass is 10.0. The highest BCUT2D eigenvalue weighted by atomic mass is 32.1. The predicted octanol–water partition coefficient (Wildman–Crippen LogP) is 3.38. The second-order valence-corrected chi connectivity index (χ2v) is 7.59. The monoisotopic (exact) mass is 403 g/mol. The van der Waals surface area contributed by atoms with Crippen LogP contribution in [0.4, 0.5) is 5.69 Å². The van der Waals surface area contributed by atoms with Gasteiger partial charge in [0.05, 0.1) is 22.3 Å². The third-order valence-electron chi connectivity index (χ3n) is 4.96. The van der Waals surface area contributed by atoms with Crippen molar-refractivity contribution in [1.29, 1.82) is 5.26 Å². The quantitative estimate of drug-likeness (QED) is 0.557. The van der Waals surface area contributed by atoms with Gasteiger partial charge in [0.1, 0.15) is 17.3 Å². The molecule has 1 saturated heterocycles. The first-order valence-electron chi connectivity index (χ1n) is 9.32. The average Bonchev–Trinajstić information content (AvgIpc) is 3.45. The largest absolute Gasteiger partial charge is 0.382 e. The van der Waals surface area contributed by atoms with Gasteiger partial charge in [-0.2, -0.15) is 10.4 Å². The first-order valence-corrected chi connectivity index (χ1v) is 10.2. The van der Waals surface area contributed by atoms with Gasteiger partial charge in [-0.25, -0.2) is 4.52 Å². The smallest absolute Gasteiger partial charge is 0.151 e. The number of rotatable bonds is 4. The molecule has 1 N–H and O–H groups in total. The molecule has 144 valence electrons. The van der Waals surface area contributed by atoms with E-state index in [1.54, 1.807) is 16.2 Å². The van der Waals surface area contributed by atoms with Crippen LogP contribution in [-0.4, -0.2) is 44.1 Å². The minimum Gasteiger partial charge on any atom is -0.382 e. The van der Waals surface area contributed by atoms with E-state index in [1.165, 1.54) is 11.3 Å². The van der Waals surface area contributed by atoms with Gasteiger partial charge in [0.15, 0.2) is 5.01 Å². The Morgan fingerprint density at radius 3 is 2.97 bits per heavy atom. The van der Waals surface area contributed by atoms with Gasteiger partial charge in [0.2, 0.25) is 0 Å². The number of pyridine rings is 1. The maximum Gasteiger partial charge on any atom is 0.151 e. The number of anilines is 1. The molecule has 0 atom stereocenters. The zero-order chi connectivity index (χ0) is 19.6. The van der Waals surface area contributed by atoms with Crippen LogP contribution >= 0.6 is 11.3 Å². The fourth-order valence-electron chi connectivity index (χ4n) is 3.58. The van der Waals surface area contributed by atoms with E-state index >= 15 is 0 Å². The van der Waals surface area contributed by atoms with Crippen molar-refractivity contribution in [2.24, 2.45) is 0 Å². The van der Waals surface area contributed by atoms with E-state index in [2.05, 4.69) is 31.7 Å². The van der Waals surface area contributed by atoms with Gasteiger partial charge in [-0.3, -0.25) is 4.98 Å². The lowest BCUT2D eigenvalue weighted by molar-refractivity contribution is 0.0904. The van der Waals surface area contributed by atoms with Gasteiger partial charge in [-0.15, -0.1) is 10.2 Å². The number of nitrogens with one attached hydrogen (secondary N) is 1. The molecule has 4 aromatic rings. The molecule has 0 amide bonds. The highest BCUT2D eigenvalue weighted by Crippen LogP contribution is 2.34. The highest BCUT2D eigenvalue weighted by Gasteiger charge is 2.21. The van der Waals surface area contributed by atoms with E-state index in [0.29, 0.717) is 28.0 Å². The van der Waals surface area contributed by atoms with E-state index in [0.717, 1.165) is 42.8 Å². The first kappa shape index (κ1) is 17.7. The van der Waals surface area contributed by atoms with Crippen LogP contribution in [0.1, 0.15) is 18.4 Å². The van der Waals surface area contributed by atoms with Crippen LogP contribution in [-0.2, 0) is 4.74 Å². The Hall–Kier alpha value is -3.35. The standard InChI is InChI=1S/C20H17N7OS/c21-11-15-18(20-25-23-12-29-20)17-2-1-7-27(17)26-19(15)16-10-14(3-6-22-16)24-13-4-8-28-9-5-13/h1-3,6-7,10,12-13H,4-5,8-9H2,(H,22,24). The predicted molar refractivity (Wildman–Crippen MR) is 110 cm³/mol. The Kier molecular flexibility index (Phi) is 4.63. The molecule has 0 aromatic carbocycles. The number of hydrogen-bond donors (Lipinski definition) is 1. The van der Waals surface area contributed by atoms with E-state index in [9.17, 15) is 5.26 Å². The third-order valence-corrected chi connectivity index (χ3v) is 5.67. The van der Waals surface area contributed by atoms with Crippen LogP contribution in [0.2, 0.25) is 0 Å². The lowest BCUT2D eigenvalue weighted by Crippen LogP contribution is -2.27. The molecule has 0 unspecified atom stereocenters. The maximum atomic E-state index is 9.99. The van der Waals surface area contributed by atoms with Gasteiger partial charge in [-0.1, -0.05) is 11.3 Å². The second kappa shape index (κ2) is 7.58. The molecule has 0 aliphatic carbocycles. The number of fused-ring (bicyclic) bond motifs is 1. The van der Waals surface area contributed by atoms with Gasteiger partial charge in [0, 0.05) is 37.3 Å². The summed E-state index contributed by atoms with van der Waals surface area (Å²) < 4.78 is 7.19. The molecule has 0 spiro atoms. The number of nitrogens with zero attached hydrogens (tertiary/aromatic N) is 6. The highest BCUT2D eigenvalue weighted by molar-refractivity contribution is 7.12.